The Labute approximate surface area is 250 Å². The fourth-order valence-electron chi connectivity index (χ4n) is 5.80. The summed E-state index contributed by atoms with van der Waals surface area (Å²) < 4.78 is 19.5. The molecule has 3 aromatic rings. The minimum absolute atomic E-state index is 0.228. The van der Waals surface area contributed by atoms with E-state index in [4.69, 9.17) is 9.72 Å². The van der Waals surface area contributed by atoms with Crippen molar-refractivity contribution in [3.63, 3.8) is 0 Å². The van der Waals surface area contributed by atoms with Gasteiger partial charge in [-0.2, -0.15) is 0 Å². The van der Waals surface area contributed by atoms with Gasteiger partial charge in [0.2, 0.25) is 0 Å². The van der Waals surface area contributed by atoms with Gasteiger partial charge in [0.25, 0.3) is 0 Å². The highest BCUT2D eigenvalue weighted by Crippen LogP contribution is 2.44. The molecular formula is C35H46FN3O3. The van der Waals surface area contributed by atoms with Crippen LogP contribution < -0.4 is 4.90 Å². The summed E-state index contributed by atoms with van der Waals surface area (Å²) in [4.78, 5) is 22.1. The number of nitrogens with zero attached hydrogens (tertiary/aromatic N) is 3. The maximum Gasteiger partial charge on any atom is 0.337 e. The Morgan fingerprint density at radius 2 is 1.52 bits per heavy atom. The number of benzene rings is 2. The number of hydrogen-bond donors (Lipinski definition) is 1. The first-order valence-corrected chi connectivity index (χ1v) is 14.8. The van der Waals surface area contributed by atoms with Crippen LogP contribution in [0.15, 0.2) is 48.5 Å². The summed E-state index contributed by atoms with van der Waals surface area (Å²) in [5.41, 5.74) is 6.90. The molecule has 42 heavy (non-hydrogen) atoms. The first-order chi connectivity index (χ1) is 19.6. The number of carboxylic acid groups (broad SMARTS) is 1. The molecule has 1 aliphatic heterocycles. The topological polar surface area (TPSA) is 65.9 Å². The number of hydrogen-bond acceptors (Lipinski definition) is 5. The Kier molecular flexibility index (Phi) is 9.43. The van der Waals surface area contributed by atoms with Gasteiger partial charge >= 0.3 is 5.97 Å². The quantitative estimate of drug-likeness (QED) is 0.282. The lowest BCUT2D eigenvalue weighted by molar-refractivity contribution is -0.160. The number of aliphatic carboxylic acids is 1. The molecule has 0 amide bonds. The van der Waals surface area contributed by atoms with Crippen LogP contribution in [0.4, 0.5) is 10.1 Å². The van der Waals surface area contributed by atoms with Crippen molar-refractivity contribution < 1.29 is 19.0 Å². The van der Waals surface area contributed by atoms with E-state index in [1.807, 2.05) is 46.8 Å². The molecule has 0 spiro atoms. The molecule has 0 saturated carbocycles. The average molecular weight is 576 g/mol. The van der Waals surface area contributed by atoms with Gasteiger partial charge in [0.15, 0.2) is 6.10 Å². The van der Waals surface area contributed by atoms with E-state index in [9.17, 15) is 14.3 Å². The van der Waals surface area contributed by atoms with E-state index < -0.39 is 17.7 Å². The van der Waals surface area contributed by atoms with Crippen LogP contribution in [0.1, 0.15) is 81.6 Å². The number of anilines is 1. The summed E-state index contributed by atoms with van der Waals surface area (Å²) in [7, 11) is 2.05. The maximum atomic E-state index is 13.3. The van der Waals surface area contributed by atoms with E-state index in [-0.39, 0.29) is 11.2 Å². The van der Waals surface area contributed by atoms with Gasteiger partial charge in [-0.25, -0.2) is 9.18 Å². The Balaban J connectivity index is 1.74. The van der Waals surface area contributed by atoms with Crippen LogP contribution in [0.2, 0.25) is 0 Å². The third-order valence-electron chi connectivity index (χ3n) is 8.03. The van der Waals surface area contributed by atoms with Crippen molar-refractivity contribution in [2.75, 3.05) is 25.0 Å². The monoisotopic (exact) mass is 575 g/mol. The number of aryl methyl sites for hydroxylation is 2. The third-order valence-corrected chi connectivity index (χ3v) is 8.03. The number of ether oxygens (including phenoxy) is 1. The Bertz CT molecular complexity index is 1380. The second kappa shape index (κ2) is 12.5. The van der Waals surface area contributed by atoms with Crippen molar-refractivity contribution in [1.82, 2.24) is 9.88 Å². The molecule has 226 valence electrons. The van der Waals surface area contributed by atoms with Crippen LogP contribution in [-0.2, 0) is 22.6 Å². The highest BCUT2D eigenvalue weighted by molar-refractivity contribution is 5.88. The molecule has 2 heterocycles. The second-order valence-electron chi connectivity index (χ2n) is 13.5. The smallest absolute Gasteiger partial charge is 0.337 e. The van der Waals surface area contributed by atoms with E-state index in [0.717, 1.165) is 66.1 Å². The summed E-state index contributed by atoms with van der Waals surface area (Å²) in [5.74, 6) is -1.24. The Hall–Kier alpha value is -3.29. The van der Waals surface area contributed by atoms with Crippen LogP contribution in [0.5, 0.6) is 0 Å². The van der Waals surface area contributed by atoms with Crippen molar-refractivity contribution in [3.8, 4) is 11.1 Å². The number of pyridine rings is 1. The second-order valence-corrected chi connectivity index (χ2v) is 13.5. The molecule has 2 aromatic carbocycles. The number of piperidine rings is 1. The third kappa shape index (κ3) is 7.75. The van der Waals surface area contributed by atoms with Crippen molar-refractivity contribution in [3.05, 3.63) is 82.4 Å². The molecule has 0 unspecified atom stereocenters. The number of carbonyl (C=O) groups is 1. The van der Waals surface area contributed by atoms with Crippen LogP contribution >= 0.6 is 0 Å². The van der Waals surface area contributed by atoms with E-state index in [0.29, 0.717) is 17.8 Å². The Morgan fingerprint density at radius 1 is 1.00 bits per heavy atom. The molecule has 1 saturated heterocycles. The van der Waals surface area contributed by atoms with Crippen molar-refractivity contribution in [2.45, 2.75) is 86.1 Å². The van der Waals surface area contributed by atoms with E-state index >= 15 is 0 Å². The predicted octanol–water partition coefficient (Wildman–Crippen LogP) is 7.70. The van der Waals surface area contributed by atoms with Crippen LogP contribution in [0.3, 0.4) is 0 Å². The van der Waals surface area contributed by atoms with Gasteiger partial charge < -0.3 is 14.7 Å². The Morgan fingerprint density at radius 3 is 2.02 bits per heavy atom. The lowest BCUT2D eigenvalue weighted by atomic mass is 9.81. The van der Waals surface area contributed by atoms with Crippen molar-refractivity contribution in [1.29, 1.82) is 0 Å². The van der Waals surface area contributed by atoms with E-state index in [1.165, 1.54) is 12.1 Å². The molecule has 7 heteroatoms. The van der Waals surface area contributed by atoms with Crippen molar-refractivity contribution in [2.24, 2.45) is 5.41 Å². The highest BCUT2D eigenvalue weighted by atomic mass is 19.1. The molecule has 0 bridgehead atoms. The predicted molar refractivity (Wildman–Crippen MR) is 167 cm³/mol. The summed E-state index contributed by atoms with van der Waals surface area (Å²) in [6.07, 6.45) is 0.897. The standard InChI is InChI=1S/C35H46FN3O3/c1-23-29(27-13-9-25(10-14-27)21-38(8)22-26-11-15-28(36)16-12-26)31(39-19-17-35(6,7)18-20-39)30(24(2)37-23)32(33(40)41)42-34(3,4)5/h9-16,32H,17-22H2,1-8H3,(H,40,41)/t32-/m0/s1. The zero-order chi connectivity index (χ0) is 30.8. The van der Waals surface area contributed by atoms with Crippen LogP contribution in [0, 0.1) is 25.1 Å². The highest BCUT2D eigenvalue weighted by Gasteiger charge is 2.36. The number of aromatic nitrogens is 1. The number of halogens is 1. The molecule has 1 atom stereocenters. The summed E-state index contributed by atoms with van der Waals surface area (Å²) in [5, 5.41) is 10.4. The first kappa shape index (κ1) is 31.6. The molecule has 6 nitrogen and oxygen atoms in total. The molecular weight excluding hydrogens is 529 g/mol. The minimum Gasteiger partial charge on any atom is -0.479 e. The van der Waals surface area contributed by atoms with Gasteiger partial charge in [-0.15, -0.1) is 0 Å². The molecule has 4 rings (SSSR count). The molecule has 1 aliphatic rings. The van der Waals surface area contributed by atoms with Gasteiger partial charge in [0, 0.05) is 48.7 Å². The maximum absolute atomic E-state index is 13.3. The minimum atomic E-state index is -1.14. The van der Waals surface area contributed by atoms with Gasteiger partial charge in [0.05, 0.1) is 11.3 Å². The molecule has 0 aliphatic carbocycles. The van der Waals surface area contributed by atoms with Gasteiger partial charge in [-0.1, -0.05) is 50.2 Å². The average Bonchev–Trinajstić information content (AvgIpc) is 2.89. The zero-order valence-corrected chi connectivity index (χ0v) is 26.4. The SMILES string of the molecule is Cc1nc(C)c([C@H](OC(C)(C)C)C(=O)O)c(N2CCC(C)(C)CC2)c1-c1ccc(CN(C)Cc2ccc(F)cc2)cc1. The largest absolute Gasteiger partial charge is 0.479 e. The number of rotatable bonds is 9. The van der Waals surface area contributed by atoms with E-state index in [1.54, 1.807) is 0 Å². The molecule has 1 N–H and O–H groups in total. The fourth-order valence-corrected chi connectivity index (χ4v) is 5.80. The zero-order valence-electron chi connectivity index (χ0n) is 26.4. The van der Waals surface area contributed by atoms with Crippen molar-refractivity contribution >= 4 is 11.7 Å². The lowest BCUT2D eigenvalue weighted by Crippen LogP contribution is -2.39. The van der Waals surface area contributed by atoms with Gasteiger partial charge in [-0.3, -0.25) is 9.88 Å². The van der Waals surface area contributed by atoms with E-state index in [2.05, 4.69) is 55.0 Å². The summed E-state index contributed by atoms with van der Waals surface area (Å²) in [6.45, 7) is 17.3. The lowest BCUT2D eigenvalue weighted by Gasteiger charge is -2.41. The molecule has 1 fully saturated rings. The molecule has 1 aromatic heterocycles. The normalized spacial score (nSPS) is 16.1. The van der Waals surface area contributed by atoms with Gasteiger partial charge in [0.1, 0.15) is 5.82 Å². The van der Waals surface area contributed by atoms with Crippen LogP contribution in [0.25, 0.3) is 11.1 Å². The summed E-state index contributed by atoms with van der Waals surface area (Å²) >= 11 is 0. The first-order valence-electron chi connectivity index (χ1n) is 14.8. The molecule has 0 radical (unpaired) electrons. The fraction of sp³-hybridized carbons (Fsp3) is 0.486. The van der Waals surface area contributed by atoms with Crippen LogP contribution in [-0.4, -0.2) is 46.7 Å². The number of carboxylic acids is 1. The summed E-state index contributed by atoms with van der Waals surface area (Å²) in [6, 6.07) is 15.1. The van der Waals surface area contributed by atoms with Gasteiger partial charge in [-0.05, 0) is 88.7 Å².